The molecule has 1 unspecified atom stereocenters. The van der Waals surface area contributed by atoms with Crippen LogP contribution < -0.4 is 4.74 Å². The Balaban J connectivity index is 1.81. The second-order valence-corrected chi connectivity index (χ2v) is 9.36. The summed E-state index contributed by atoms with van der Waals surface area (Å²) in [6.07, 6.45) is -4.24. The summed E-state index contributed by atoms with van der Waals surface area (Å²) in [6.45, 7) is 1.52. The van der Waals surface area contributed by atoms with Gasteiger partial charge in [0.05, 0.1) is 22.4 Å². The van der Waals surface area contributed by atoms with Crippen molar-refractivity contribution in [2.75, 3.05) is 6.61 Å². The molecule has 0 radical (unpaired) electrons. The highest BCUT2D eigenvalue weighted by atomic mass is 35.5. The van der Waals surface area contributed by atoms with Crippen molar-refractivity contribution in [1.29, 1.82) is 0 Å². The van der Waals surface area contributed by atoms with Crippen molar-refractivity contribution in [3.8, 4) is 39.5 Å². The average molecular weight is 559 g/mol. The highest BCUT2D eigenvalue weighted by Gasteiger charge is 2.32. The molecule has 0 amide bonds. The molecule has 0 bridgehead atoms. The Morgan fingerprint density at radius 1 is 1.00 bits per heavy atom. The molecule has 0 fully saturated rings. The van der Waals surface area contributed by atoms with Gasteiger partial charge in [-0.2, -0.15) is 23.3 Å². The predicted octanol–water partition coefficient (Wildman–Crippen LogP) is 7.21. The smallest absolute Gasteiger partial charge is 0.433 e. The lowest BCUT2D eigenvalue weighted by atomic mass is 10.0. The van der Waals surface area contributed by atoms with Crippen LogP contribution in [0.3, 0.4) is 0 Å². The molecule has 0 aliphatic carbocycles. The minimum atomic E-state index is -4.58. The van der Waals surface area contributed by atoms with Gasteiger partial charge in [0.15, 0.2) is 5.65 Å². The number of nitrogens with zero attached hydrogens (tertiary/aromatic N) is 4. The summed E-state index contributed by atoms with van der Waals surface area (Å²) in [5, 5.41) is 15.5. The van der Waals surface area contributed by atoms with Crippen LogP contribution in [0, 0.1) is 0 Å². The van der Waals surface area contributed by atoms with Crippen LogP contribution in [0.4, 0.5) is 13.2 Å². The van der Waals surface area contributed by atoms with Gasteiger partial charge in [0.2, 0.25) is 5.88 Å². The van der Waals surface area contributed by atoms with E-state index in [0.717, 1.165) is 17.8 Å². The molecule has 5 rings (SSSR count). The molecule has 1 N–H and O–H groups in total. The van der Waals surface area contributed by atoms with E-state index in [1.54, 1.807) is 31.2 Å². The van der Waals surface area contributed by atoms with Crippen molar-refractivity contribution in [1.82, 2.24) is 19.6 Å². The van der Waals surface area contributed by atoms with E-state index >= 15 is 0 Å². The molecular weight excluding hydrogens is 540 g/mol. The van der Waals surface area contributed by atoms with E-state index in [2.05, 4.69) is 9.97 Å². The molecule has 0 saturated carbocycles. The lowest BCUT2D eigenvalue weighted by molar-refractivity contribution is -0.141. The van der Waals surface area contributed by atoms with E-state index in [1.807, 2.05) is 24.3 Å². The first-order chi connectivity index (χ1) is 18.1. The molecule has 0 aliphatic heterocycles. The van der Waals surface area contributed by atoms with Gasteiger partial charge in [-0.15, -0.1) is 0 Å². The molecule has 2 aromatic carbocycles. The lowest BCUT2D eigenvalue weighted by Crippen LogP contribution is -2.14. The molecular formula is C27H19Cl2F3N4O2. The highest BCUT2D eigenvalue weighted by Crippen LogP contribution is 2.40. The van der Waals surface area contributed by atoms with Gasteiger partial charge in [-0.3, -0.25) is 4.98 Å². The van der Waals surface area contributed by atoms with Crippen molar-refractivity contribution in [2.24, 2.45) is 0 Å². The van der Waals surface area contributed by atoms with Crippen molar-refractivity contribution in [3.63, 3.8) is 0 Å². The summed E-state index contributed by atoms with van der Waals surface area (Å²) in [5.74, 6) is 0.147. The first kappa shape index (κ1) is 26.0. The van der Waals surface area contributed by atoms with Crippen LogP contribution in [-0.2, 0) is 6.18 Å². The molecule has 6 nitrogen and oxygen atoms in total. The molecule has 194 valence electrons. The summed E-state index contributed by atoms with van der Waals surface area (Å²) in [5.41, 5.74) is 2.55. The second kappa shape index (κ2) is 10.2. The Bertz CT molecular complexity index is 1600. The van der Waals surface area contributed by atoms with Gasteiger partial charge in [0, 0.05) is 28.4 Å². The van der Waals surface area contributed by atoms with Gasteiger partial charge in [0.1, 0.15) is 18.0 Å². The van der Waals surface area contributed by atoms with E-state index in [4.69, 9.17) is 33.0 Å². The number of alkyl halides is 3. The lowest BCUT2D eigenvalue weighted by Gasteiger charge is -2.12. The largest absolute Gasteiger partial charge is 0.475 e. The molecule has 5 aromatic rings. The fraction of sp³-hybridized carbons (Fsp3) is 0.148. The number of aliphatic hydroxyl groups is 1. The third-order valence-electron chi connectivity index (χ3n) is 5.65. The summed E-state index contributed by atoms with van der Waals surface area (Å²) < 4.78 is 46.7. The van der Waals surface area contributed by atoms with Gasteiger partial charge in [-0.25, -0.2) is 4.52 Å². The number of hydrogen-bond donors (Lipinski definition) is 1. The van der Waals surface area contributed by atoms with Gasteiger partial charge in [-0.1, -0.05) is 53.5 Å². The van der Waals surface area contributed by atoms with E-state index in [0.29, 0.717) is 43.8 Å². The molecule has 0 saturated heterocycles. The van der Waals surface area contributed by atoms with E-state index in [9.17, 15) is 18.3 Å². The minimum absolute atomic E-state index is 0.0460. The summed E-state index contributed by atoms with van der Waals surface area (Å²) in [4.78, 5) is 8.26. The van der Waals surface area contributed by atoms with Crippen LogP contribution in [0.2, 0.25) is 10.0 Å². The monoisotopic (exact) mass is 558 g/mol. The maximum atomic E-state index is 13.2. The fourth-order valence-electron chi connectivity index (χ4n) is 3.92. The number of halogens is 5. The molecule has 38 heavy (non-hydrogen) atoms. The number of fused-ring (bicyclic) bond motifs is 1. The Kier molecular flexibility index (Phi) is 7.00. The van der Waals surface area contributed by atoms with Crippen LogP contribution in [-0.4, -0.2) is 37.4 Å². The summed E-state index contributed by atoms with van der Waals surface area (Å²) in [7, 11) is 0. The van der Waals surface area contributed by atoms with Crippen molar-refractivity contribution in [3.05, 3.63) is 88.7 Å². The fourth-order valence-corrected chi connectivity index (χ4v) is 4.27. The third kappa shape index (κ3) is 5.18. The Hall–Kier alpha value is -3.66. The second-order valence-electron chi connectivity index (χ2n) is 8.52. The Labute approximate surface area is 225 Å². The SMILES string of the molecule is CC(O)COc1cc(-c2ccc(C(F)(F)F)nc2)n2nc(-c3ccccc3Cl)c(-c3ccc(Cl)cc3)c2n1. The van der Waals surface area contributed by atoms with E-state index in [-0.39, 0.29) is 12.5 Å². The van der Waals surface area contributed by atoms with Crippen LogP contribution in [0.5, 0.6) is 5.88 Å². The maximum absolute atomic E-state index is 13.2. The topological polar surface area (TPSA) is 72.5 Å². The zero-order valence-electron chi connectivity index (χ0n) is 19.7. The molecule has 0 spiro atoms. The highest BCUT2D eigenvalue weighted by molar-refractivity contribution is 6.33. The minimum Gasteiger partial charge on any atom is -0.475 e. The summed E-state index contributed by atoms with van der Waals surface area (Å²) >= 11 is 12.7. The van der Waals surface area contributed by atoms with Crippen LogP contribution >= 0.6 is 23.2 Å². The van der Waals surface area contributed by atoms with Gasteiger partial charge < -0.3 is 9.84 Å². The molecule has 0 aliphatic rings. The Morgan fingerprint density at radius 3 is 2.34 bits per heavy atom. The standard InChI is InChI=1S/C27H19Cl2F3N4O2/c1-15(37)14-38-23-12-21(17-8-11-22(33-13-17)27(30,31)32)36-26(34-23)24(16-6-9-18(28)10-7-16)25(35-36)19-4-2-3-5-20(19)29/h2-13,15,37H,14H2,1H3. The Morgan fingerprint density at radius 2 is 1.71 bits per heavy atom. The van der Waals surface area contributed by atoms with E-state index < -0.39 is 18.0 Å². The van der Waals surface area contributed by atoms with Crippen LogP contribution in [0.25, 0.3) is 39.3 Å². The van der Waals surface area contributed by atoms with Crippen LogP contribution in [0.1, 0.15) is 12.6 Å². The molecule has 11 heteroatoms. The molecule has 1 atom stereocenters. The number of pyridine rings is 1. The van der Waals surface area contributed by atoms with E-state index in [1.165, 1.54) is 16.6 Å². The first-order valence-electron chi connectivity index (χ1n) is 11.4. The molecule has 3 aromatic heterocycles. The normalized spacial score (nSPS) is 12.6. The molecule has 3 heterocycles. The third-order valence-corrected chi connectivity index (χ3v) is 6.23. The number of aliphatic hydroxyl groups excluding tert-OH is 1. The zero-order chi connectivity index (χ0) is 27.0. The first-order valence-corrected chi connectivity index (χ1v) is 12.2. The summed E-state index contributed by atoms with van der Waals surface area (Å²) in [6, 6.07) is 18.0. The number of ether oxygens (including phenoxy) is 1. The van der Waals surface area contributed by atoms with Crippen molar-refractivity contribution in [2.45, 2.75) is 19.2 Å². The zero-order valence-corrected chi connectivity index (χ0v) is 21.3. The number of hydrogen-bond acceptors (Lipinski definition) is 5. The number of benzene rings is 2. The predicted molar refractivity (Wildman–Crippen MR) is 139 cm³/mol. The average Bonchev–Trinajstić information content (AvgIpc) is 3.26. The quantitative estimate of drug-likeness (QED) is 0.238. The van der Waals surface area contributed by atoms with Gasteiger partial charge in [-0.05, 0) is 42.8 Å². The van der Waals surface area contributed by atoms with Gasteiger partial charge >= 0.3 is 6.18 Å². The maximum Gasteiger partial charge on any atom is 0.433 e. The number of aromatic nitrogens is 4. The number of rotatable bonds is 6. The van der Waals surface area contributed by atoms with Crippen molar-refractivity contribution >= 4 is 28.8 Å². The van der Waals surface area contributed by atoms with Gasteiger partial charge in [0.25, 0.3) is 0 Å². The van der Waals surface area contributed by atoms with Crippen LogP contribution in [0.15, 0.2) is 72.9 Å². The van der Waals surface area contributed by atoms with Crippen molar-refractivity contribution < 1.29 is 23.0 Å².